The first-order valence-electron chi connectivity index (χ1n) is 18.0. The Hall–Kier alpha value is -6.68. The molecule has 2 heterocycles. The summed E-state index contributed by atoms with van der Waals surface area (Å²) in [5, 5.41) is 13.1. The Bertz CT molecular complexity index is 2280. The zero-order valence-corrected chi connectivity index (χ0v) is 31.8. The number of aliphatic imine (C=N–C) groups is 1. The van der Waals surface area contributed by atoms with Crippen molar-refractivity contribution in [3.05, 3.63) is 116 Å². The molecule has 4 N–H and O–H groups in total. The Kier molecular flexibility index (Phi) is 13.3. The highest BCUT2D eigenvalue weighted by molar-refractivity contribution is 6.07. The van der Waals surface area contributed by atoms with Gasteiger partial charge in [0.15, 0.2) is 29.6 Å². The third kappa shape index (κ3) is 10.8. The smallest absolute Gasteiger partial charge is 0.453 e. The number of aliphatic hydroxyl groups excluding tert-OH is 1. The molecule has 4 aromatic rings. The molecule has 1 fully saturated rings. The van der Waals surface area contributed by atoms with Crippen LogP contribution in [0.4, 0.5) is 4.79 Å². The fourth-order valence-electron chi connectivity index (χ4n) is 5.48. The standard InChI is InChI=1S/C41H42N4O12/c1-6-26-16-31(33(47)15-24-9-11-27(12-10-24)36(42)45-40(51)56-23(5)55-38(49)21(2)3)30(17-28(26)19-46)29-13-14-32(37(48)43-18-25-7-8-25)44-35(29)39(50)53-20-34-22(4)54-41(52)57-34/h6,9-14,16-17,21,23,25,46H,1,7-8,15,18-20H2,2-5H3,(H,43,48)(H2,42,45,51). The second-order valence-corrected chi connectivity index (χ2v) is 13.6. The van der Waals surface area contributed by atoms with Gasteiger partial charge in [-0.1, -0.05) is 50.8 Å². The van der Waals surface area contributed by atoms with E-state index in [1.165, 1.54) is 44.2 Å². The summed E-state index contributed by atoms with van der Waals surface area (Å²) in [6, 6.07) is 12.3. The number of nitrogens with two attached hydrogens (primary N) is 1. The molecule has 5 rings (SSSR count). The van der Waals surface area contributed by atoms with Crippen molar-refractivity contribution >= 4 is 41.6 Å². The normalized spacial score (nSPS) is 13.1. The summed E-state index contributed by atoms with van der Waals surface area (Å²) < 4.78 is 25.3. The number of esters is 2. The molecule has 0 bridgehead atoms. The van der Waals surface area contributed by atoms with E-state index in [4.69, 9.17) is 28.8 Å². The number of nitrogens with zero attached hydrogens (tertiary/aromatic N) is 2. The maximum absolute atomic E-state index is 14.1. The highest BCUT2D eigenvalue weighted by Crippen LogP contribution is 2.33. The van der Waals surface area contributed by atoms with Gasteiger partial charge in [0.1, 0.15) is 11.5 Å². The second-order valence-electron chi connectivity index (χ2n) is 13.6. The molecule has 298 valence electrons. The number of aryl methyl sites for hydroxylation is 1. The SMILES string of the molecule is C=Cc1cc(C(=O)Cc2ccc(C(N)=NC(=O)OC(C)OC(=O)C(C)C)cc2)c(-c2ccc(C(=O)NCC3CC3)nc2C(=O)OCc2oc(=O)oc2C)cc1CO. The van der Waals surface area contributed by atoms with Crippen molar-refractivity contribution in [2.45, 2.75) is 66.5 Å². The summed E-state index contributed by atoms with van der Waals surface area (Å²) in [4.78, 5) is 84.6. The van der Waals surface area contributed by atoms with Crippen LogP contribution in [0.3, 0.4) is 0 Å². The van der Waals surface area contributed by atoms with Crippen molar-refractivity contribution in [2.75, 3.05) is 6.54 Å². The van der Waals surface area contributed by atoms with E-state index < -0.39 is 61.0 Å². The lowest BCUT2D eigenvalue weighted by Crippen LogP contribution is -2.27. The van der Waals surface area contributed by atoms with Crippen molar-refractivity contribution < 1.29 is 52.1 Å². The minimum Gasteiger partial charge on any atom is -0.453 e. The lowest BCUT2D eigenvalue weighted by atomic mass is 9.89. The minimum absolute atomic E-state index is 0.0278. The van der Waals surface area contributed by atoms with Gasteiger partial charge in [-0.2, -0.15) is 4.99 Å². The number of Topliss-reactive ketones (excluding diaryl/α,β-unsaturated/α-hetero) is 1. The Morgan fingerprint density at radius 2 is 1.75 bits per heavy atom. The van der Waals surface area contributed by atoms with Gasteiger partial charge in [-0.15, -0.1) is 0 Å². The lowest BCUT2D eigenvalue weighted by Gasteiger charge is -2.17. The van der Waals surface area contributed by atoms with E-state index in [0.29, 0.717) is 34.7 Å². The maximum atomic E-state index is 14.1. The predicted molar refractivity (Wildman–Crippen MR) is 204 cm³/mol. The summed E-state index contributed by atoms with van der Waals surface area (Å²) in [6.07, 6.45) is 1.08. The zero-order valence-electron chi connectivity index (χ0n) is 31.8. The molecule has 1 saturated carbocycles. The van der Waals surface area contributed by atoms with Crippen molar-refractivity contribution in [3.63, 3.8) is 0 Å². The van der Waals surface area contributed by atoms with Crippen LogP contribution in [0.25, 0.3) is 17.2 Å². The number of pyridine rings is 1. The Labute approximate surface area is 326 Å². The van der Waals surface area contributed by atoms with Crippen LogP contribution in [0.1, 0.15) is 98.7 Å². The fourth-order valence-corrected chi connectivity index (χ4v) is 5.48. The number of rotatable bonds is 16. The van der Waals surface area contributed by atoms with Crippen LogP contribution in [-0.2, 0) is 38.6 Å². The number of aromatic nitrogens is 1. The number of carbonyl (C=O) groups is 5. The lowest BCUT2D eigenvalue weighted by molar-refractivity contribution is -0.168. The van der Waals surface area contributed by atoms with Crippen LogP contribution in [0.5, 0.6) is 0 Å². The number of benzene rings is 2. The van der Waals surface area contributed by atoms with Crippen LogP contribution < -0.4 is 16.9 Å². The molecule has 16 nitrogen and oxygen atoms in total. The third-order valence-electron chi connectivity index (χ3n) is 8.85. The quantitative estimate of drug-likeness (QED) is 0.0443. The number of ketones is 1. The number of aliphatic hydroxyl groups is 1. The van der Waals surface area contributed by atoms with Gasteiger partial charge in [-0.3, -0.25) is 14.4 Å². The van der Waals surface area contributed by atoms with Gasteiger partial charge in [0.05, 0.1) is 12.5 Å². The van der Waals surface area contributed by atoms with Crippen LogP contribution >= 0.6 is 0 Å². The molecule has 2 aromatic carbocycles. The predicted octanol–water partition coefficient (Wildman–Crippen LogP) is 5.05. The fraction of sp³-hybridized carbons (Fsp3) is 0.317. The van der Waals surface area contributed by atoms with Gasteiger partial charge < -0.3 is 39.2 Å². The van der Waals surface area contributed by atoms with Gasteiger partial charge in [0.25, 0.3) is 5.91 Å². The van der Waals surface area contributed by atoms with Crippen molar-refractivity contribution in [1.29, 1.82) is 0 Å². The number of hydrogen-bond donors (Lipinski definition) is 3. The molecule has 1 unspecified atom stereocenters. The first-order chi connectivity index (χ1) is 27.2. The van der Waals surface area contributed by atoms with Crippen molar-refractivity contribution in [2.24, 2.45) is 22.6 Å². The monoisotopic (exact) mass is 782 g/mol. The zero-order chi connectivity index (χ0) is 41.4. The molecular formula is C41H42N4O12. The molecule has 1 aliphatic carbocycles. The molecule has 1 atom stereocenters. The molecule has 0 aliphatic heterocycles. The van der Waals surface area contributed by atoms with E-state index in [9.17, 15) is 33.9 Å². The van der Waals surface area contributed by atoms with Gasteiger partial charge in [0, 0.05) is 36.6 Å². The van der Waals surface area contributed by atoms with E-state index in [-0.39, 0.29) is 51.9 Å². The molecular weight excluding hydrogens is 740 g/mol. The summed E-state index contributed by atoms with van der Waals surface area (Å²) in [5.41, 5.74) is 7.85. The summed E-state index contributed by atoms with van der Waals surface area (Å²) in [7, 11) is 0. The van der Waals surface area contributed by atoms with E-state index in [1.807, 2.05) is 0 Å². The van der Waals surface area contributed by atoms with Gasteiger partial charge in [-0.25, -0.2) is 19.4 Å². The average Bonchev–Trinajstić information content (AvgIpc) is 3.96. The second kappa shape index (κ2) is 18.3. The first-order valence-corrected chi connectivity index (χ1v) is 18.0. The van der Waals surface area contributed by atoms with E-state index in [2.05, 4.69) is 21.9 Å². The molecule has 0 radical (unpaired) electrons. The third-order valence-corrected chi connectivity index (χ3v) is 8.85. The first kappa shape index (κ1) is 41.5. The van der Waals surface area contributed by atoms with E-state index >= 15 is 0 Å². The Morgan fingerprint density at radius 3 is 2.37 bits per heavy atom. The number of amides is 2. The Morgan fingerprint density at radius 1 is 1.04 bits per heavy atom. The van der Waals surface area contributed by atoms with Crippen LogP contribution in [0.2, 0.25) is 0 Å². The summed E-state index contributed by atoms with van der Waals surface area (Å²) in [5.74, 6) is -3.58. The van der Waals surface area contributed by atoms with Gasteiger partial charge >= 0.3 is 23.9 Å². The highest BCUT2D eigenvalue weighted by Gasteiger charge is 2.27. The number of amidine groups is 1. The minimum atomic E-state index is -1.18. The van der Waals surface area contributed by atoms with Crippen LogP contribution in [0.15, 0.2) is 73.7 Å². The van der Waals surface area contributed by atoms with Crippen LogP contribution in [-0.4, -0.2) is 58.5 Å². The number of hydrogen-bond acceptors (Lipinski definition) is 13. The Balaban J connectivity index is 1.44. The van der Waals surface area contributed by atoms with Crippen molar-refractivity contribution in [3.8, 4) is 11.1 Å². The average molecular weight is 783 g/mol. The van der Waals surface area contributed by atoms with Crippen LogP contribution in [0, 0.1) is 18.8 Å². The molecule has 0 spiro atoms. The number of carbonyl (C=O) groups excluding carboxylic acids is 5. The topological polar surface area (TPSA) is 240 Å². The molecule has 2 amide bonds. The van der Waals surface area contributed by atoms with Gasteiger partial charge in [0.2, 0.25) is 6.29 Å². The molecule has 2 aromatic heterocycles. The molecule has 57 heavy (non-hydrogen) atoms. The number of nitrogens with one attached hydrogen (secondary N) is 1. The highest BCUT2D eigenvalue weighted by atomic mass is 16.7. The number of ether oxygens (including phenoxy) is 3. The van der Waals surface area contributed by atoms with E-state index in [0.717, 1.165) is 12.8 Å². The summed E-state index contributed by atoms with van der Waals surface area (Å²) in [6.45, 7) is 9.44. The molecule has 16 heteroatoms. The molecule has 1 aliphatic rings. The van der Waals surface area contributed by atoms with Gasteiger partial charge in [-0.05, 0) is 72.2 Å². The maximum Gasteiger partial charge on any atom is 0.519 e. The largest absolute Gasteiger partial charge is 0.519 e. The summed E-state index contributed by atoms with van der Waals surface area (Å²) >= 11 is 0. The molecule has 0 saturated heterocycles. The van der Waals surface area contributed by atoms with E-state index in [1.54, 1.807) is 38.1 Å². The van der Waals surface area contributed by atoms with Crippen molar-refractivity contribution in [1.82, 2.24) is 10.3 Å².